The molecule has 4 amide bonds. The summed E-state index contributed by atoms with van der Waals surface area (Å²) in [6.45, 7) is 13.6. The minimum Gasteiger partial charge on any atom is -0.453 e. The third-order valence-corrected chi connectivity index (χ3v) is 7.48. The number of ether oxygens (including phenoxy) is 2. The number of hydrogen-bond donors (Lipinski definition) is 5. The van der Waals surface area contributed by atoms with Gasteiger partial charge in [-0.05, 0) is 41.0 Å². The lowest BCUT2D eigenvalue weighted by molar-refractivity contribution is -0.129. The molecule has 0 radical (unpaired) electrons. The van der Waals surface area contributed by atoms with Crippen LogP contribution in [0.3, 0.4) is 0 Å². The van der Waals surface area contributed by atoms with Crippen molar-refractivity contribution >= 4 is 29.9 Å². The topological polar surface area (TPSA) is 183 Å². The van der Waals surface area contributed by atoms with E-state index in [-0.39, 0.29) is 24.3 Å². The van der Waals surface area contributed by atoms with Crippen molar-refractivity contribution in [1.29, 1.82) is 0 Å². The molecular formula is C38H54N8O6. The molecule has 14 heteroatoms. The van der Waals surface area contributed by atoms with Crippen LogP contribution in [0.2, 0.25) is 0 Å². The molecule has 1 aliphatic heterocycles. The van der Waals surface area contributed by atoms with Crippen LogP contribution in [0, 0.1) is 5.92 Å². The van der Waals surface area contributed by atoms with Crippen LogP contribution in [-0.2, 0) is 19.1 Å². The second-order valence-corrected chi connectivity index (χ2v) is 11.8. The molecule has 5 N–H and O–H groups in total. The van der Waals surface area contributed by atoms with Crippen molar-refractivity contribution in [2.45, 2.75) is 66.8 Å². The van der Waals surface area contributed by atoms with Crippen molar-refractivity contribution in [1.82, 2.24) is 35.5 Å². The first kappa shape index (κ1) is 42.5. The van der Waals surface area contributed by atoms with E-state index in [4.69, 9.17) is 0 Å². The van der Waals surface area contributed by atoms with E-state index < -0.39 is 18.2 Å². The number of benzene rings is 2. The van der Waals surface area contributed by atoms with E-state index in [2.05, 4.69) is 83.5 Å². The smallest absolute Gasteiger partial charge is 0.407 e. The van der Waals surface area contributed by atoms with Crippen molar-refractivity contribution in [3.05, 3.63) is 67.3 Å². The fraction of sp³-hybridized carbons (Fsp3) is 0.421. The molecule has 52 heavy (non-hydrogen) atoms. The van der Waals surface area contributed by atoms with Crippen LogP contribution in [0.1, 0.15) is 60.8 Å². The molecule has 2 aromatic carbocycles. The van der Waals surface area contributed by atoms with Gasteiger partial charge >= 0.3 is 12.2 Å². The Morgan fingerprint density at radius 3 is 1.81 bits per heavy atom. The maximum Gasteiger partial charge on any atom is 0.407 e. The SMILES string of the molecule is CC.CCC.COC(=O)NCC(=O)N1CCCC1.COC(=O)N[C@H](C(=O)Nc1ncc(-c2ccc(-c3ccc(-c4cnc[nH]4)cc3)cc2)[nH]1)C(C)C. The zero-order valence-electron chi connectivity index (χ0n) is 31.5. The number of carbonyl (C=O) groups excluding carboxylic acids is 4. The van der Waals surface area contributed by atoms with Crippen molar-refractivity contribution in [3.8, 4) is 33.6 Å². The minimum atomic E-state index is -0.750. The fourth-order valence-electron chi connectivity index (χ4n) is 4.84. The van der Waals surface area contributed by atoms with E-state index in [1.165, 1.54) is 20.6 Å². The lowest BCUT2D eigenvalue weighted by atomic mass is 10.0. The number of nitrogens with one attached hydrogen (secondary N) is 5. The van der Waals surface area contributed by atoms with Gasteiger partial charge in [0.2, 0.25) is 17.8 Å². The highest BCUT2D eigenvalue weighted by Gasteiger charge is 2.25. The van der Waals surface area contributed by atoms with Gasteiger partial charge in [-0.15, -0.1) is 0 Å². The molecule has 14 nitrogen and oxygen atoms in total. The Morgan fingerprint density at radius 1 is 0.808 bits per heavy atom. The van der Waals surface area contributed by atoms with E-state index in [0.29, 0.717) is 5.95 Å². The first-order valence-corrected chi connectivity index (χ1v) is 17.6. The molecule has 1 saturated heterocycles. The van der Waals surface area contributed by atoms with E-state index in [1.807, 2.05) is 52.0 Å². The van der Waals surface area contributed by atoms with Gasteiger partial charge in [-0.3, -0.25) is 14.9 Å². The Kier molecular flexibility index (Phi) is 18.7. The van der Waals surface area contributed by atoms with Crippen LogP contribution in [0.4, 0.5) is 15.5 Å². The second-order valence-electron chi connectivity index (χ2n) is 11.8. The van der Waals surface area contributed by atoms with Gasteiger partial charge in [-0.25, -0.2) is 19.6 Å². The van der Waals surface area contributed by atoms with Gasteiger partial charge in [0, 0.05) is 13.1 Å². The number of hydrogen-bond acceptors (Lipinski definition) is 8. The number of alkyl carbamates (subject to hydrolysis) is 2. The molecule has 1 atom stereocenters. The van der Waals surface area contributed by atoms with Crippen molar-refractivity contribution in [2.24, 2.45) is 5.92 Å². The largest absolute Gasteiger partial charge is 0.453 e. The molecule has 5 rings (SSSR count). The number of amides is 4. The van der Waals surface area contributed by atoms with E-state index in [9.17, 15) is 19.2 Å². The molecule has 0 saturated carbocycles. The average Bonchev–Trinajstić information content (AvgIpc) is 3.99. The van der Waals surface area contributed by atoms with Gasteiger partial charge in [0.05, 0.1) is 44.3 Å². The standard InChI is InChI=1S/C25H26N6O3.C8H14N2O3.C3H8.C2H6/c1-15(2)22(30-25(33)34-3)23(32)31-24-27-13-21(29-24)19-10-6-17(7-11-19)16-4-8-18(9-5-16)20-12-26-14-28-20;1-13-8(12)9-6-7(11)10-4-2-3-5-10;1-3-2;1-2/h4-15,22H,1-3H3,(H,26,28)(H,30,33)(H2,27,29,31,32);2-6H2,1H3,(H,9,12);3H2,1-2H3;1-2H3/t22-;;;/m0.../s1. The first-order chi connectivity index (χ1) is 25.1. The van der Waals surface area contributed by atoms with Gasteiger partial charge in [0.25, 0.3) is 0 Å². The van der Waals surface area contributed by atoms with E-state index in [0.717, 1.165) is 59.6 Å². The lowest BCUT2D eigenvalue weighted by Crippen LogP contribution is -2.47. The summed E-state index contributed by atoms with van der Waals surface area (Å²) < 4.78 is 8.94. The Balaban J connectivity index is 0.000000433. The van der Waals surface area contributed by atoms with Crippen molar-refractivity contribution < 1.29 is 28.7 Å². The Hall–Kier alpha value is -5.66. The molecule has 0 aliphatic carbocycles. The normalized spacial score (nSPS) is 12.1. The zero-order chi connectivity index (χ0) is 38.5. The highest BCUT2D eigenvalue weighted by Crippen LogP contribution is 2.26. The Morgan fingerprint density at radius 2 is 1.33 bits per heavy atom. The molecule has 0 unspecified atom stereocenters. The number of anilines is 1. The van der Waals surface area contributed by atoms with Crippen LogP contribution in [0.25, 0.3) is 33.6 Å². The third-order valence-electron chi connectivity index (χ3n) is 7.48. The van der Waals surface area contributed by atoms with Crippen LogP contribution < -0.4 is 16.0 Å². The summed E-state index contributed by atoms with van der Waals surface area (Å²) in [5.74, 6) is -0.247. The number of methoxy groups -OCH3 is 2. The van der Waals surface area contributed by atoms with Crippen LogP contribution in [0.15, 0.2) is 67.3 Å². The number of aromatic nitrogens is 4. The molecule has 1 fully saturated rings. The number of likely N-dealkylation sites (tertiary alicyclic amines) is 1. The quantitative estimate of drug-likeness (QED) is 0.124. The summed E-state index contributed by atoms with van der Waals surface area (Å²) in [7, 11) is 2.53. The first-order valence-electron chi connectivity index (χ1n) is 17.6. The maximum absolute atomic E-state index is 12.6. The maximum atomic E-state index is 12.6. The van der Waals surface area contributed by atoms with Gasteiger partial charge in [0.1, 0.15) is 12.6 Å². The number of aromatic amines is 2. The fourth-order valence-corrected chi connectivity index (χ4v) is 4.84. The Bertz CT molecular complexity index is 1630. The number of H-pyrrole nitrogens is 2. The third kappa shape index (κ3) is 13.6. The average molecular weight is 719 g/mol. The lowest BCUT2D eigenvalue weighted by Gasteiger charge is -2.20. The number of rotatable bonds is 9. The molecule has 1 aliphatic rings. The summed E-state index contributed by atoms with van der Waals surface area (Å²) in [5.41, 5.74) is 5.93. The molecule has 0 spiro atoms. The monoisotopic (exact) mass is 718 g/mol. The van der Waals surface area contributed by atoms with Gasteiger partial charge in [0.15, 0.2) is 0 Å². The molecule has 0 bridgehead atoms. The summed E-state index contributed by atoms with van der Waals surface area (Å²) >= 11 is 0. The predicted octanol–water partition coefficient (Wildman–Crippen LogP) is 6.86. The van der Waals surface area contributed by atoms with Crippen LogP contribution in [0.5, 0.6) is 0 Å². The highest BCUT2D eigenvalue weighted by molar-refractivity contribution is 5.95. The Labute approximate surface area is 306 Å². The van der Waals surface area contributed by atoms with Crippen LogP contribution >= 0.6 is 0 Å². The molecule has 3 heterocycles. The molecular weight excluding hydrogens is 664 g/mol. The van der Waals surface area contributed by atoms with E-state index in [1.54, 1.807) is 23.6 Å². The van der Waals surface area contributed by atoms with Gasteiger partial charge < -0.3 is 35.0 Å². The predicted molar refractivity (Wildman–Crippen MR) is 203 cm³/mol. The number of nitrogens with zero attached hydrogens (tertiary/aromatic N) is 3. The molecule has 2 aromatic heterocycles. The number of imidazole rings is 2. The van der Waals surface area contributed by atoms with Crippen LogP contribution in [-0.4, -0.2) is 88.7 Å². The number of carbonyl (C=O) groups is 4. The van der Waals surface area contributed by atoms with Gasteiger partial charge in [-0.1, -0.05) is 96.5 Å². The molecule has 282 valence electrons. The zero-order valence-corrected chi connectivity index (χ0v) is 31.5. The van der Waals surface area contributed by atoms with Crippen molar-refractivity contribution in [2.75, 3.05) is 39.2 Å². The summed E-state index contributed by atoms with van der Waals surface area (Å²) in [5, 5.41) is 7.61. The summed E-state index contributed by atoms with van der Waals surface area (Å²) in [6, 6.07) is 15.6. The highest BCUT2D eigenvalue weighted by atomic mass is 16.5. The van der Waals surface area contributed by atoms with E-state index >= 15 is 0 Å². The minimum absolute atomic E-state index is 0.0344. The van der Waals surface area contributed by atoms with Crippen molar-refractivity contribution in [3.63, 3.8) is 0 Å². The summed E-state index contributed by atoms with van der Waals surface area (Å²) in [4.78, 5) is 62.3. The summed E-state index contributed by atoms with van der Waals surface area (Å²) in [6.07, 6.45) is 7.26. The van der Waals surface area contributed by atoms with Gasteiger partial charge in [-0.2, -0.15) is 0 Å². The molecule has 4 aromatic rings. The second kappa shape index (κ2) is 22.9.